The molecule has 0 aliphatic heterocycles. The summed E-state index contributed by atoms with van der Waals surface area (Å²) in [5.74, 6) is 0. The highest BCUT2D eigenvalue weighted by Gasteiger charge is 2.21. The molecule has 0 radical (unpaired) electrons. The zero-order valence-corrected chi connectivity index (χ0v) is 9.01. The van der Waals surface area contributed by atoms with Crippen LogP contribution in [0.2, 0.25) is 0 Å². The Balaban J connectivity index is 3.26. The van der Waals surface area contributed by atoms with Crippen LogP contribution in [0.4, 0.5) is 0 Å². The van der Waals surface area contributed by atoms with Crippen LogP contribution < -0.4 is 0 Å². The van der Waals surface area contributed by atoms with Crippen LogP contribution in [0, 0.1) is 6.92 Å². The number of rotatable bonds is 1. The van der Waals surface area contributed by atoms with E-state index in [0.29, 0.717) is 5.69 Å². The SMILES string of the molecule is Cc1ccnc(C(C)(C)O)c1Br. The molecule has 0 fully saturated rings. The van der Waals surface area contributed by atoms with Gasteiger partial charge in [-0.15, -0.1) is 0 Å². The minimum absolute atomic E-state index is 0.683. The molecule has 0 amide bonds. The topological polar surface area (TPSA) is 33.1 Å². The molecule has 3 heteroatoms. The summed E-state index contributed by atoms with van der Waals surface area (Å²) in [6.45, 7) is 5.42. The van der Waals surface area contributed by atoms with E-state index in [-0.39, 0.29) is 0 Å². The van der Waals surface area contributed by atoms with Gasteiger partial charge in [-0.05, 0) is 48.3 Å². The second-order valence-electron chi connectivity index (χ2n) is 3.35. The molecule has 0 aliphatic rings. The van der Waals surface area contributed by atoms with Crippen molar-refractivity contribution < 1.29 is 5.11 Å². The van der Waals surface area contributed by atoms with E-state index in [2.05, 4.69) is 20.9 Å². The summed E-state index contributed by atoms with van der Waals surface area (Å²) >= 11 is 3.39. The first-order valence-corrected chi connectivity index (χ1v) is 4.56. The molecule has 0 saturated carbocycles. The molecular weight excluding hydrogens is 218 g/mol. The largest absolute Gasteiger partial charge is 0.384 e. The first kappa shape index (κ1) is 9.68. The maximum atomic E-state index is 9.70. The lowest BCUT2D eigenvalue weighted by molar-refractivity contribution is 0.0729. The average molecular weight is 230 g/mol. The van der Waals surface area contributed by atoms with Crippen LogP contribution in [0.5, 0.6) is 0 Å². The van der Waals surface area contributed by atoms with E-state index < -0.39 is 5.60 Å². The standard InChI is InChI=1S/C9H12BrNO/c1-6-4-5-11-8(7(6)10)9(2,3)12/h4-5,12H,1-3H3. The third-order valence-corrected chi connectivity index (χ3v) is 2.66. The minimum Gasteiger partial charge on any atom is -0.384 e. The Morgan fingerprint density at radius 3 is 2.50 bits per heavy atom. The normalized spacial score (nSPS) is 11.8. The quantitative estimate of drug-likeness (QED) is 0.803. The molecule has 0 atom stereocenters. The number of aryl methyl sites for hydroxylation is 1. The summed E-state index contributed by atoms with van der Waals surface area (Å²) < 4.78 is 0.887. The van der Waals surface area contributed by atoms with E-state index in [1.807, 2.05) is 13.0 Å². The maximum absolute atomic E-state index is 9.70. The fourth-order valence-electron chi connectivity index (χ4n) is 0.967. The van der Waals surface area contributed by atoms with Gasteiger partial charge < -0.3 is 5.11 Å². The zero-order valence-electron chi connectivity index (χ0n) is 7.43. The van der Waals surface area contributed by atoms with Gasteiger partial charge in [0, 0.05) is 10.7 Å². The summed E-state index contributed by atoms with van der Waals surface area (Å²) in [5, 5.41) is 9.70. The fourth-order valence-corrected chi connectivity index (χ4v) is 1.69. The second kappa shape index (κ2) is 3.15. The number of pyridine rings is 1. The van der Waals surface area contributed by atoms with E-state index in [0.717, 1.165) is 10.0 Å². The lowest BCUT2D eigenvalue weighted by atomic mass is 10.0. The van der Waals surface area contributed by atoms with E-state index >= 15 is 0 Å². The number of aliphatic hydroxyl groups is 1. The average Bonchev–Trinajstić information content (AvgIpc) is 1.92. The van der Waals surface area contributed by atoms with E-state index in [9.17, 15) is 5.11 Å². The predicted molar refractivity (Wildman–Crippen MR) is 51.9 cm³/mol. The Bertz CT molecular complexity index is 291. The van der Waals surface area contributed by atoms with Crippen molar-refractivity contribution in [2.75, 3.05) is 0 Å². The zero-order chi connectivity index (χ0) is 9.35. The number of halogens is 1. The van der Waals surface area contributed by atoms with Gasteiger partial charge in [0.1, 0.15) is 5.60 Å². The molecule has 1 heterocycles. The third-order valence-electron chi connectivity index (χ3n) is 1.66. The van der Waals surface area contributed by atoms with Gasteiger partial charge in [0.05, 0.1) is 5.69 Å². The van der Waals surface area contributed by atoms with E-state index in [1.165, 1.54) is 0 Å². The van der Waals surface area contributed by atoms with Crippen LogP contribution in [0.15, 0.2) is 16.7 Å². The first-order chi connectivity index (χ1) is 5.43. The van der Waals surface area contributed by atoms with Gasteiger partial charge in [-0.3, -0.25) is 4.98 Å². The van der Waals surface area contributed by atoms with Crippen molar-refractivity contribution >= 4 is 15.9 Å². The van der Waals surface area contributed by atoms with Gasteiger partial charge in [-0.2, -0.15) is 0 Å². The van der Waals surface area contributed by atoms with Gasteiger partial charge >= 0.3 is 0 Å². The first-order valence-electron chi connectivity index (χ1n) is 3.77. The van der Waals surface area contributed by atoms with Gasteiger partial charge in [-0.25, -0.2) is 0 Å². The monoisotopic (exact) mass is 229 g/mol. The van der Waals surface area contributed by atoms with Crippen molar-refractivity contribution in [3.05, 3.63) is 28.0 Å². The van der Waals surface area contributed by atoms with E-state index in [1.54, 1.807) is 20.0 Å². The highest BCUT2D eigenvalue weighted by Crippen LogP contribution is 2.27. The van der Waals surface area contributed by atoms with Crippen molar-refractivity contribution in [1.82, 2.24) is 4.98 Å². The van der Waals surface area contributed by atoms with Crippen molar-refractivity contribution in [1.29, 1.82) is 0 Å². The minimum atomic E-state index is -0.884. The second-order valence-corrected chi connectivity index (χ2v) is 4.14. The molecule has 1 aromatic rings. The Kier molecular flexibility index (Phi) is 2.54. The van der Waals surface area contributed by atoms with Crippen LogP contribution in [0.3, 0.4) is 0 Å². The highest BCUT2D eigenvalue weighted by molar-refractivity contribution is 9.10. The Hall–Kier alpha value is -0.410. The molecule has 0 aromatic carbocycles. The molecule has 0 unspecified atom stereocenters. The molecule has 12 heavy (non-hydrogen) atoms. The molecule has 1 N–H and O–H groups in total. The Morgan fingerprint density at radius 2 is 2.08 bits per heavy atom. The van der Waals surface area contributed by atoms with Gasteiger partial charge in [0.25, 0.3) is 0 Å². The number of aromatic nitrogens is 1. The lowest BCUT2D eigenvalue weighted by Crippen LogP contribution is -2.18. The molecule has 0 spiro atoms. The maximum Gasteiger partial charge on any atom is 0.102 e. The van der Waals surface area contributed by atoms with Crippen LogP contribution in [0.25, 0.3) is 0 Å². The van der Waals surface area contributed by atoms with Crippen LogP contribution >= 0.6 is 15.9 Å². The molecular formula is C9H12BrNO. The number of nitrogens with zero attached hydrogens (tertiary/aromatic N) is 1. The summed E-state index contributed by atoms with van der Waals surface area (Å²) in [6, 6.07) is 1.90. The molecule has 0 aliphatic carbocycles. The van der Waals surface area contributed by atoms with Crippen LogP contribution in [0.1, 0.15) is 25.1 Å². The summed E-state index contributed by atoms with van der Waals surface area (Å²) in [4.78, 5) is 4.11. The molecule has 0 saturated heterocycles. The third kappa shape index (κ3) is 1.84. The predicted octanol–water partition coefficient (Wildman–Crippen LogP) is 2.38. The van der Waals surface area contributed by atoms with Gasteiger partial charge in [0.2, 0.25) is 0 Å². The van der Waals surface area contributed by atoms with Crippen molar-refractivity contribution in [3.63, 3.8) is 0 Å². The smallest absolute Gasteiger partial charge is 0.102 e. The number of hydrogen-bond donors (Lipinski definition) is 1. The molecule has 1 aromatic heterocycles. The van der Waals surface area contributed by atoms with Crippen LogP contribution in [-0.4, -0.2) is 10.1 Å². The number of hydrogen-bond acceptors (Lipinski definition) is 2. The highest BCUT2D eigenvalue weighted by atomic mass is 79.9. The summed E-state index contributed by atoms with van der Waals surface area (Å²) in [7, 11) is 0. The van der Waals surface area contributed by atoms with Crippen molar-refractivity contribution in [2.24, 2.45) is 0 Å². The Labute approximate surface area is 80.8 Å². The van der Waals surface area contributed by atoms with Gasteiger partial charge in [0.15, 0.2) is 0 Å². The molecule has 66 valence electrons. The molecule has 1 rings (SSSR count). The summed E-state index contributed by atoms with van der Waals surface area (Å²) in [6.07, 6.45) is 1.70. The van der Waals surface area contributed by atoms with E-state index in [4.69, 9.17) is 0 Å². The lowest BCUT2D eigenvalue weighted by Gasteiger charge is -2.18. The van der Waals surface area contributed by atoms with Gasteiger partial charge in [-0.1, -0.05) is 0 Å². The summed E-state index contributed by atoms with van der Waals surface area (Å²) in [5.41, 5.74) is 0.884. The Morgan fingerprint density at radius 1 is 1.50 bits per heavy atom. The van der Waals surface area contributed by atoms with Crippen molar-refractivity contribution in [3.8, 4) is 0 Å². The van der Waals surface area contributed by atoms with Crippen molar-refractivity contribution in [2.45, 2.75) is 26.4 Å². The molecule has 2 nitrogen and oxygen atoms in total. The fraction of sp³-hybridized carbons (Fsp3) is 0.444. The van der Waals surface area contributed by atoms with Crippen LogP contribution in [-0.2, 0) is 5.60 Å². The molecule has 0 bridgehead atoms.